The normalized spacial score (nSPS) is 14.1. The molecule has 0 atom stereocenters. The predicted octanol–water partition coefficient (Wildman–Crippen LogP) is 13.6. The maximum absolute atomic E-state index is 6.18. The van der Waals surface area contributed by atoms with E-state index in [9.17, 15) is 0 Å². The third-order valence-electron chi connectivity index (χ3n) is 12.1. The minimum atomic E-state index is -0.439. The molecular formula is C54H48BClN4O4. The summed E-state index contributed by atoms with van der Waals surface area (Å²) >= 11 is 5.81. The number of benzene rings is 4. The lowest BCUT2D eigenvalue weighted by atomic mass is 9.78. The third-order valence-corrected chi connectivity index (χ3v) is 12.3. The SMILES string of the molecule is Cc1ccc(-c2ccnc(-c3cccc4c3oc3nc(C)ccc34)c2)cc1.Cc1ccc(-c2ccnc(Cl)c2)cc1.Cc1ccc2c(n1)oc1c(B3OC(C)(C)C(C)(C)O3)cccc12. The molecule has 0 saturated carbocycles. The first-order chi connectivity index (χ1) is 30.7. The lowest BCUT2D eigenvalue weighted by Crippen LogP contribution is -2.41. The Morgan fingerprint density at radius 3 is 1.55 bits per heavy atom. The van der Waals surface area contributed by atoms with E-state index in [0.717, 1.165) is 71.9 Å². The summed E-state index contributed by atoms with van der Waals surface area (Å²) in [6.45, 7) is 16.3. The van der Waals surface area contributed by atoms with Crippen molar-refractivity contribution in [3.05, 3.63) is 174 Å². The average molecular weight is 863 g/mol. The molecule has 0 amide bonds. The van der Waals surface area contributed by atoms with Crippen molar-refractivity contribution >= 4 is 68.3 Å². The van der Waals surface area contributed by atoms with Crippen molar-refractivity contribution in [2.24, 2.45) is 0 Å². The number of hydrogen-bond acceptors (Lipinski definition) is 8. The van der Waals surface area contributed by atoms with Crippen molar-refractivity contribution in [3.8, 4) is 33.5 Å². The van der Waals surface area contributed by atoms with Crippen LogP contribution in [0.2, 0.25) is 5.15 Å². The molecule has 6 aromatic heterocycles. The van der Waals surface area contributed by atoms with Gasteiger partial charge in [0.15, 0.2) is 0 Å². The second kappa shape index (κ2) is 17.1. The Hall–Kier alpha value is -6.65. The third kappa shape index (κ3) is 8.54. The first kappa shape index (κ1) is 42.6. The number of hydrogen-bond donors (Lipinski definition) is 0. The smallest absolute Gasteiger partial charge is 0.438 e. The van der Waals surface area contributed by atoms with Crippen LogP contribution in [0, 0.1) is 27.7 Å². The van der Waals surface area contributed by atoms with Gasteiger partial charge in [0.2, 0.25) is 11.4 Å². The molecule has 7 heterocycles. The number of aryl methyl sites for hydroxylation is 4. The highest BCUT2D eigenvalue weighted by Gasteiger charge is 2.52. The van der Waals surface area contributed by atoms with Crippen LogP contribution >= 0.6 is 11.6 Å². The number of halogens is 1. The summed E-state index contributed by atoms with van der Waals surface area (Å²) in [6.07, 6.45) is 3.58. The summed E-state index contributed by atoms with van der Waals surface area (Å²) in [4.78, 5) is 17.6. The molecule has 0 aliphatic carbocycles. The lowest BCUT2D eigenvalue weighted by Gasteiger charge is -2.32. The van der Waals surface area contributed by atoms with Crippen molar-refractivity contribution < 1.29 is 18.1 Å². The molecule has 318 valence electrons. The van der Waals surface area contributed by atoms with Crippen molar-refractivity contribution in [1.82, 2.24) is 19.9 Å². The first-order valence-electron chi connectivity index (χ1n) is 21.4. The van der Waals surface area contributed by atoms with Crippen molar-refractivity contribution in [3.63, 3.8) is 0 Å². The van der Waals surface area contributed by atoms with Gasteiger partial charge < -0.3 is 18.1 Å². The van der Waals surface area contributed by atoms with E-state index in [2.05, 4.69) is 140 Å². The van der Waals surface area contributed by atoms with Gasteiger partial charge in [-0.3, -0.25) is 4.98 Å². The maximum atomic E-state index is 6.18. The van der Waals surface area contributed by atoms with Gasteiger partial charge in [0.05, 0.1) is 16.9 Å². The molecule has 0 bridgehead atoms. The molecular weight excluding hydrogens is 815 g/mol. The monoisotopic (exact) mass is 862 g/mol. The van der Waals surface area contributed by atoms with E-state index in [1.165, 1.54) is 22.3 Å². The number of aromatic nitrogens is 4. The Bertz CT molecular complexity index is 3290. The van der Waals surface area contributed by atoms with Crippen molar-refractivity contribution in [2.45, 2.75) is 66.6 Å². The number of para-hydroxylation sites is 2. The van der Waals surface area contributed by atoms with Gasteiger partial charge in [-0.2, -0.15) is 0 Å². The second-order valence-electron chi connectivity index (χ2n) is 17.3. The highest BCUT2D eigenvalue weighted by Crippen LogP contribution is 2.38. The van der Waals surface area contributed by atoms with E-state index in [-0.39, 0.29) is 11.2 Å². The van der Waals surface area contributed by atoms with E-state index >= 15 is 0 Å². The molecule has 10 aromatic rings. The molecule has 0 spiro atoms. The molecule has 1 aliphatic rings. The fourth-order valence-corrected chi connectivity index (χ4v) is 7.93. The van der Waals surface area contributed by atoms with Crippen LogP contribution in [0.4, 0.5) is 0 Å². The fourth-order valence-electron chi connectivity index (χ4n) is 7.75. The standard InChI is InChI=1S/C24H18N2O.C18H20BNO3.C12H10ClN/c1-15-6-9-17(10-7-15)18-12-13-25-22(14-18)21-5-3-4-19-20-11-8-16(2)26-24(20)27-23(19)21;1-11-9-10-13-12-7-6-8-14(15(12)21-16(13)20-11)19-22-17(2,3)18(4,5)23-19;1-9-2-4-10(5-3-9)11-6-7-14-12(13)8-11/h3-14H,1-2H3;6-10H,1-5H3;2-8H,1H3. The van der Waals surface area contributed by atoms with E-state index in [4.69, 9.17) is 29.7 Å². The molecule has 0 unspecified atom stereocenters. The fraction of sp³-hybridized carbons (Fsp3) is 0.185. The zero-order valence-corrected chi connectivity index (χ0v) is 38.0. The predicted molar refractivity (Wildman–Crippen MR) is 261 cm³/mol. The minimum Gasteiger partial charge on any atom is -0.438 e. The Morgan fingerprint density at radius 1 is 0.484 bits per heavy atom. The molecule has 1 fully saturated rings. The second-order valence-corrected chi connectivity index (χ2v) is 17.7. The van der Waals surface area contributed by atoms with Gasteiger partial charge in [-0.25, -0.2) is 15.0 Å². The molecule has 64 heavy (non-hydrogen) atoms. The van der Waals surface area contributed by atoms with Crippen LogP contribution in [0.5, 0.6) is 0 Å². The molecule has 10 heteroatoms. The van der Waals surface area contributed by atoms with Crippen LogP contribution in [0.15, 0.2) is 155 Å². The summed E-state index contributed by atoms with van der Waals surface area (Å²) in [5.41, 5.74) is 14.0. The number of furan rings is 2. The number of nitrogens with zero attached hydrogens (tertiary/aromatic N) is 4. The van der Waals surface area contributed by atoms with Gasteiger partial charge in [-0.1, -0.05) is 102 Å². The Balaban J connectivity index is 0.000000128. The molecule has 11 rings (SSSR count). The van der Waals surface area contributed by atoms with E-state index in [1.807, 2.05) is 74.6 Å². The Morgan fingerprint density at radius 2 is 0.984 bits per heavy atom. The summed E-state index contributed by atoms with van der Waals surface area (Å²) in [6, 6.07) is 45.2. The van der Waals surface area contributed by atoms with Crippen LogP contribution < -0.4 is 5.46 Å². The lowest BCUT2D eigenvalue weighted by molar-refractivity contribution is 0.00578. The average Bonchev–Trinajstić information content (AvgIpc) is 3.91. The topological polar surface area (TPSA) is 96.3 Å². The zero-order valence-electron chi connectivity index (χ0n) is 37.2. The molecule has 1 saturated heterocycles. The van der Waals surface area contributed by atoms with Crippen molar-refractivity contribution in [2.75, 3.05) is 0 Å². The van der Waals surface area contributed by atoms with Crippen LogP contribution in [0.3, 0.4) is 0 Å². The van der Waals surface area contributed by atoms with Gasteiger partial charge in [0.25, 0.3) is 0 Å². The largest absolute Gasteiger partial charge is 0.498 e. The maximum Gasteiger partial charge on any atom is 0.498 e. The van der Waals surface area contributed by atoms with E-state index in [0.29, 0.717) is 16.6 Å². The zero-order chi connectivity index (χ0) is 44.8. The van der Waals surface area contributed by atoms with Gasteiger partial charge in [0.1, 0.15) is 16.3 Å². The number of fused-ring (bicyclic) bond motifs is 6. The molecule has 8 nitrogen and oxygen atoms in total. The number of pyridine rings is 4. The Labute approximate surface area is 378 Å². The van der Waals surface area contributed by atoms with Crippen LogP contribution in [0.25, 0.3) is 77.6 Å². The van der Waals surface area contributed by atoms with Crippen LogP contribution in [-0.2, 0) is 9.31 Å². The summed E-state index contributed by atoms with van der Waals surface area (Å²) in [5, 5.41) is 4.69. The van der Waals surface area contributed by atoms with Gasteiger partial charge in [-0.05, 0) is 132 Å². The highest BCUT2D eigenvalue weighted by molar-refractivity contribution is 6.65. The van der Waals surface area contributed by atoms with Gasteiger partial charge in [-0.15, -0.1) is 0 Å². The summed E-state index contributed by atoms with van der Waals surface area (Å²) in [7, 11) is -0.439. The van der Waals surface area contributed by atoms with E-state index < -0.39 is 7.12 Å². The molecule has 0 N–H and O–H groups in total. The van der Waals surface area contributed by atoms with Crippen LogP contribution in [0.1, 0.15) is 50.2 Å². The summed E-state index contributed by atoms with van der Waals surface area (Å²) < 4.78 is 24.5. The highest BCUT2D eigenvalue weighted by atomic mass is 35.5. The molecule has 1 aliphatic heterocycles. The quantitative estimate of drug-likeness (QED) is 0.127. The van der Waals surface area contributed by atoms with Crippen molar-refractivity contribution in [1.29, 1.82) is 0 Å². The Kier molecular flexibility index (Phi) is 11.4. The first-order valence-corrected chi connectivity index (χ1v) is 21.8. The minimum absolute atomic E-state index is 0.374. The van der Waals surface area contributed by atoms with Gasteiger partial charge >= 0.3 is 7.12 Å². The molecule has 0 radical (unpaired) electrons. The summed E-state index contributed by atoms with van der Waals surface area (Å²) in [5.74, 6) is 0. The van der Waals surface area contributed by atoms with E-state index in [1.54, 1.807) is 6.20 Å². The molecule has 4 aromatic carbocycles. The van der Waals surface area contributed by atoms with Crippen LogP contribution in [-0.4, -0.2) is 38.3 Å². The number of rotatable bonds is 4. The van der Waals surface area contributed by atoms with Gasteiger partial charge in [0, 0.05) is 56.4 Å².